The van der Waals surface area contributed by atoms with E-state index in [2.05, 4.69) is 15.9 Å². The average molecular weight is 257 g/mol. The van der Waals surface area contributed by atoms with Crippen LogP contribution in [0.5, 0.6) is 0 Å². The number of nitrogens with two attached hydrogens (primary N) is 1. The Hall–Kier alpha value is -0.770. The Morgan fingerprint density at radius 3 is 2.71 bits per heavy atom. The van der Waals surface area contributed by atoms with Crippen LogP contribution in [0.15, 0.2) is 21.5 Å². The van der Waals surface area contributed by atoms with Crippen molar-refractivity contribution in [1.82, 2.24) is 4.57 Å². The quantitative estimate of drug-likeness (QED) is 0.839. The van der Waals surface area contributed by atoms with Crippen molar-refractivity contribution in [3.8, 4) is 0 Å². The number of hydrogen-bond donors (Lipinski definition) is 1. The van der Waals surface area contributed by atoms with Crippen LogP contribution in [-0.2, 0) is 0 Å². The number of hydrogen-bond acceptors (Lipinski definition) is 2. The number of nitrogen functional groups attached to an aromatic ring is 1. The molecule has 1 fully saturated rings. The first-order valence-electron chi connectivity index (χ1n) is 4.85. The summed E-state index contributed by atoms with van der Waals surface area (Å²) >= 11 is 3.23. The molecule has 1 aromatic rings. The zero-order valence-corrected chi connectivity index (χ0v) is 9.46. The molecule has 0 atom stereocenters. The van der Waals surface area contributed by atoms with Crippen molar-refractivity contribution in [1.29, 1.82) is 0 Å². The van der Waals surface area contributed by atoms with Crippen LogP contribution in [0.1, 0.15) is 31.7 Å². The molecule has 0 saturated heterocycles. The molecule has 1 heterocycles. The highest BCUT2D eigenvalue weighted by Gasteiger charge is 2.18. The van der Waals surface area contributed by atoms with Crippen molar-refractivity contribution in [3.05, 3.63) is 27.1 Å². The zero-order chi connectivity index (χ0) is 10.1. The van der Waals surface area contributed by atoms with Crippen molar-refractivity contribution >= 4 is 21.6 Å². The largest absolute Gasteiger partial charge is 0.398 e. The van der Waals surface area contributed by atoms with E-state index in [1.165, 1.54) is 12.8 Å². The molecule has 0 bridgehead atoms. The smallest absolute Gasteiger partial charge is 0.265 e. The van der Waals surface area contributed by atoms with Gasteiger partial charge in [-0.05, 0) is 34.8 Å². The van der Waals surface area contributed by atoms with Gasteiger partial charge in [0.05, 0.1) is 4.47 Å². The van der Waals surface area contributed by atoms with Crippen LogP contribution in [0.3, 0.4) is 0 Å². The van der Waals surface area contributed by atoms with Crippen molar-refractivity contribution in [3.63, 3.8) is 0 Å². The molecule has 14 heavy (non-hydrogen) atoms. The second-order valence-corrected chi connectivity index (χ2v) is 4.63. The molecule has 0 amide bonds. The van der Waals surface area contributed by atoms with Crippen LogP contribution in [0, 0.1) is 0 Å². The highest BCUT2D eigenvalue weighted by Crippen LogP contribution is 2.29. The maximum atomic E-state index is 11.8. The SMILES string of the molecule is Nc1cc(Br)c(=O)n(C2CCCC2)c1. The van der Waals surface area contributed by atoms with Crippen LogP contribution >= 0.6 is 15.9 Å². The lowest BCUT2D eigenvalue weighted by Crippen LogP contribution is -2.23. The molecule has 0 aliphatic heterocycles. The van der Waals surface area contributed by atoms with Crippen LogP contribution in [0.2, 0.25) is 0 Å². The second-order valence-electron chi connectivity index (χ2n) is 3.77. The standard InChI is InChI=1S/C10H13BrN2O/c11-9-5-7(12)6-13(10(9)14)8-3-1-2-4-8/h5-6,8H,1-4,12H2. The summed E-state index contributed by atoms with van der Waals surface area (Å²) in [5.41, 5.74) is 6.38. The lowest BCUT2D eigenvalue weighted by Gasteiger charge is -2.14. The highest BCUT2D eigenvalue weighted by molar-refractivity contribution is 9.10. The molecule has 1 aromatic heterocycles. The van der Waals surface area contributed by atoms with Crippen LogP contribution in [0.25, 0.3) is 0 Å². The predicted molar refractivity (Wildman–Crippen MR) is 60.3 cm³/mol. The van der Waals surface area contributed by atoms with E-state index in [9.17, 15) is 4.79 Å². The summed E-state index contributed by atoms with van der Waals surface area (Å²) in [4.78, 5) is 11.8. The fraction of sp³-hybridized carbons (Fsp3) is 0.500. The van der Waals surface area contributed by atoms with Gasteiger partial charge in [0, 0.05) is 17.9 Å². The molecule has 2 rings (SSSR count). The molecule has 0 spiro atoms. The number of pyridine rings is 1. The minimum Gasteiger partial charge on any atom is -0.398 e. The molecule has 76 valence electrons. The fourth-order valence-electron chi connectivity index (χ4n) is 2.04. The lowest BCUT2D eigenvalue weighted by molar-refractivity contribution is 0.502. The summed E-state index contributed by atoms with van der Waals surface area (Å²) in [6.07, 6.45) is 6.36. The zero-order valence-electron chi connectivity index (χ0n) is 7.87. The summed E-state index contributed by atoms with van der Waals surface area (Å²) in [5, 5.41) is 0. The van der Waals surface area contributed by atoms with Gasteiger partial charge in [0.1, 0.15) is 0 Å². The second kappa shape index (κ2) is 3.77. The molecule has 3 nitrogen and oxygen atoms in total. The van der Waals surface area contributed by atoms with E-state index in [1.807, 2.05) is 0 Å². The van der Waals surface area contributed by atoms with Gasteiger partial charge in [-0.3, -0.25) is 4.79 Å². The third kappa shape index (κ3) is 1.71. The molecule has 1 aliphatic rings. The third-order valence-corrected chi connectivity index (χ3v) is 3.31. The predicted octanol–water partition coefficient (Wildman–Crippen LogP) is 2.31. The first-order valence-corrected chi connectivity index (χ1v) is 5.65. The molecular weight excluding hydrogens is 244 g/mol. The Morgan fingerprint density at radius 2 is 2.07 bits per heavy atom. The molecule has 1 aliphatic carbocycles. The molecule has 2 N–H and O–H groups in total. The van der Waals surface area contributed by atoms with E-state index in [1.54, 1.807) is 16.8 Å². The minimum atomic E-state index is 0.0334. The summed E-state index contributed by atoms with van der Waals surface area (Å²) < 4.78 is 2.33. The van der Waals surface area contributed by atoms with Crippen molar-refractivity contribution < 1.29 is 0 Å². The van der Waals surface area contributed by atoms with Gasteiger partial charge in [0.25, 0.3) is 5.56 Å². The number of rotatable bonds is 1. The minimum absolute atomic E-state index is 0.0334. The Kier molecular flexibility index (Phi) is 2.63. The molecule has 1 saturated carbocycles. The third-order valence-electron chi connectivity index (χ3n) is 2.74. The van der Waals surface area contributed by atoms with E-state index in [-0.39, 0.29) is 5.56 Å². The Balaban J connectivity index is 2.46. The van der Waals surface area contributed by atoms with Gasteiger partial charge in [0.15, 0.2) is 0 Å². The maximum absolute atomic E-state index is 11.8. The summed E-state index contributed by atoms with van der Waals surface area (Å²) in [6, 6.07) is 2.01. The lowest BCUT2D eigenvalue weighted by atomic mass is 10.2. The van der Waals surface area contributed by atoms with Crippen LogP contribution in [0.4, 0.5) is 5.69 Å². The maximum Gasteiger partial charge on any atom is 0.265 e. The average Bonchev–Trinajstić information content (AvgIpc) is 2.63. The van der Waals surface area contributed by atoms with Gasteiger partial charge in [0.2, 0.25) is 0 Å². The van der Waals surface area contributed by atoms with Gasteiger partial charge in [-0.2, -0.15) is 0 Å². The fourth-order valence-corrected chi connectivity index (χ4v) is 2.51. The number of halogens is 1. The number of nitrogens with zero attached hydrogens (tertiary/aromatic N) is 1. The van der Waals surface area contributed by atoms with Crippen molar-refractivity contribution in [2.24, 2.45) is 0 Å². The molecule has 0 radical (unpaired) electrons. The summed E-state index contributed by atoms with van der Waals surface area (Å²) in [7, 11) is 0. The number of anilines is 1. The van der Waals surface area contributed by atoms with Gasteiger partial charge < -0.3 is 10.3 Å². The normalized spacial score (nSPS) is 17.5. The van der Waals surface area contributed by atoms with E-state index < -0.39 is 0 Å². The highest BCUT2D eigenvalue weighted by atomic mass is 79.9. The van der Waals surface area contributed by atoms with E-state index >= 15 is 0 Å². The Bertz CT molecular complexity index is 394. The van der Waals surface area contributed by atoms with Crippen LogP contribution < -0.4 is 11.3 Å². The first kappa shape index (κ1) is 9.77. The Labute approximate surface area is 91.0 Å². The monoisotopic (exact) mass is 256 g/mol. The van der Waals surface area contributed by atoms with Gasteiger partial charge in [-0.25, -0.2) is 0 Å². The molecule has 4 heteroatoms. The summed E-state index contributed by atoms with van der Waals surface area (Å²) in [6.45, 7) is 0. The first-order chi connectivity index (χ1) is 6.68. The van der Waals surface area contributed by atoms with Gasteiger partial charge in [-0.1, -0.05) is 12.8 Å². The van der Waals surface area contributed by atoms with Crippen LogP contribution in [-0.4, -0.2) is 4.57 Å². The summed E-state index contributed by atoms with van der Waals surface area (Å²) in [5.74, 6) is 0. The van der Waals surface area contributed by atoms with Gasteiger partial charge >= 0.3 is 0 Å². The van der Waals surface area contributed by atoms with E-state index in [4.69, 9.17) is 5.73 Å². The topological polar surface area (TPSA) is 48.0 Å². The Morgan fingerprint density at radius 1 is 1.43 bits per heavy atom. The molecule has 0 aromatic carbocycles. The van der Waals surface area contributed by atoms with Gasteiger partial charge in [-0.15, -0.1) is 0 Å². The van der Waals surface area contributed by atoms with Crippen molar-refractivity contribution in [2.45, 2.75) is 31.7 Å². The van der Waals surface area contributed by atoms with E-state index in [0.29, 0.717) is 16.2 Å². The van der Waals surface area contributed by atoms with Crippen molar-refractivity contribution in [2.75, 3.05) is 5.73 Å². The van der Waals surface area contributed by atoms with E-state index in [0.717, 1.165) is 12.8 Å². The number of aromatic nitrogens is 1. The molecular formula is C10H13BrN2O. The molecule has 0 unspecified atom stereocenters.